The number of phenolic OH excluding ortho intramolecular Hbond substituents is 1. The molecule has 0 aliphatic heterocycles. The first kappa shape index (κ1) is 9.38. The summed E-state index contributed by atoms with van der Waals surface area (Å²) in [5, 5.41) is 17.8. The van der Waals surface area contributed by atoms with Gasteiger partial charge < -0.3 is 15.9 Å². The van der Waals surface area contributed by atoms with Crippen LogP contribution in [0.2, 0.25) is 0 Å². The number of rotatable bonds is 2. The summed E-state index contributed by atoms with van der Waals surface area (Å²) in [4.78, 5) is 10.4. The van der Waals surface area contributed by atoms with Crippen LogP contribution in [0.5, 0.6) is 5.75 Å². The van der Waals surface area contributed by atoms with E-state index in [1.807, 2.05) is 0 Å². The van der Waals surface area contributed by atoms with Crippen molar-refractivity contribution in [2.45, 2.75) is 13.3 Å². The Hall–Kier alpha value is -1.71. The molecule has 0 atom stereocenters. The highest BCUT2D eigenvalue weighted by molar-refractivity contribution is 5.71. The Kier molecular flexibility index (Phi) is 2.41. The zero-order valence-electron chi connectivity index (χ0n) is 7.24. The van der Waals surface area contributed by atoms with Crippen molar-refractivity contribution in [2.75, 3.05) is 5.73 Å². The van der Waals surface area contributed by atoms with Crippen molar-refractivity contribution >= 4 is 11.7 Å². The van der Waals surface area contributed by atoms with Crippen LogP contribution in [0.1, 0.15) is 11.1 Å². The third kappa shape index (κ3) is 2.11. The number of hydrogen-bond acceptors (Lipinski definition) is 3. The molecule has 0 heterocycles. The van der Waals surface area contributed by atoms with Crippen molar-refractivity contribution in [1.29, 1.82) is 0 Å². The molecule has 1 rings (SSSR count). The van der Waals surface area contributed by atoms with E-state index in [0.717, 1.165) is 0 Å². The fraction of sp³-hybridized carbons (Fsp3) is 0.222. The second-order valence-electron chi connectivity index (χ2n) is 2.92. The average Bonchev–Trinajstić information content (AvgIpc) is 1.98. The van der Waals surface area contributed by atoms with Crippen LogP contribution in [0.15, 0.2) is 12.1 Å². The van der Waals surface area contributed by atoms with E-state index >= 15 is 0 Å². The molecule has 70 valence electrons. The van der Waals surface area contributed by atoms with Crippen molar-refractivity contribution in [1.82, 2.24) is 0 Å². The quantitative estimate of drug-likeness (QED) is 0.467. The number of carbonyl (C=O) groups is 1. The molecule has 0 saturated heterocycles. The van der Waals surface area contributed by atoms with E-state index < -0.39 is 5.97 Å². The molecule has 0 fully saturated rings. The number of aromatic hydroxyl groups is 1. The highest BCUT2D eigenvalue weighted by Gasteiger charge is 2.06. The zero-order valence-corrected chi connectivity index (χ0v) is 7.24. The van der Waals surface area contributed by atoms with Gasteiger partial charge in [-0.05, 0) is 24.1 Å². The number of phenols is 1. The fourth-order valence-corrected chi connectivity index (χ4v) is 1.13. The minimum absolute atomic E-state index is 0.0590. The summed E-state index contributed by atoms with van der Waals surface area (Å²) in [6, 6.07) is 3.03. The third-order valence-electron chi connectivity index (χ3n) is 1.78. The number of benzene rings is 1. The number of nitrogen functional groups attached to an aromatic ring is 1. The van der Waals surface area contributed by atoms with Crippen LogP contribution in [0.4, 0.5) is 5.69 Å². The molecule has 1 aromatic rings. The highest BCUT2D eigenvalue weighted by atomic mass is 16.4. The lowest BCUT2D eigenvalue weighted by atomic mass is 10.1. The van der Waals surface area contributed by atoms with Gasteiger partial charge in [-0.3, -0.25) is 4.79 Å². The molecule has 0 aliphatic rings. The lowest BCUT2D eigenvalue weighted by Gasteiger charge is -2.05. The van der Waals surface area contributed by atoms with Gasteiger partial charge in [-0.2, -0.15) is 0 Å². The van der Waals surface area contributed by atoms with E-state index in [1.165, 1.54) is 6.07 Å². The maximum absolute atomic E-state index is 10.4. The standard InChI is InChI=1S/C9H11NO3/c1-5-2-6(4-8(12)13)3-7(11)9(5)10/h2-3,11H,4,10H2,1H3,(H,12,13). The normalized spacial score (nSPS) is 9.92. The zero-order chi connectivity index (χ0) is 10.0. The summed E-state index contributed by atoms with van der Waals surface area (Å²) < 4.78 is 0. The molecule has 0 bridgehead atoms. The summed E-state index contributed by atoms with van der Waals surface area (Å²) in [7, 11) is 0. The van der Waals surface area contributed by atoms with Gasteiger partial charge >= 0.3 is 5.97 Å². The van der Waals surface area contributed by atoms with Crippen LogP contribution < -0.4 is 5.73 Å². The predicted molar refractivity (Wildman–Crippen MR) is 48.6 cm³/mol. The monoisotopic (exact) mass is 181 g/mol. The molecule has 4 heteroatoms. The Morgan fingerprint density at radius 2 is 2.15 bits per heavy atom. The third-order valence-corrected chi connectivity index (χ3v) is 1.78. The first-order valence-electron chi connectivity index (χ1n) is 3.80. The van der Waals surface area contributed by atoms with Crippen molar-refractivity contribution in [3.8, 4) is 5.75 Å². The lowest BCUT2D eigenvalue weighted by molar-refractivity contribution is -0.136. The van der Waals surface area contributed by atoms with Crippen LogP contribution in [-0.2, 0) is 11.2 Å². The Morgan fingerprint density at radius 3 is 2.62 bits per heavy atom. The van der Waals surface area contributed by atoms with E-state index in [1.54, 1.807) is 13.0 Å². The Morgan fingerprint density at radius 1 is 1.54 bits per heavy atom. The Balaban J connectivity index is 3.06. The smallest absolute Gasteiger partial charge is 0.307 e. The second kappa shape index (κ2) is 3.35. The van der Waals surface area contributed by atoms with Crippen molar-refractivity contribution in [2.24, 2.45) is 0 Å². The van der Waals surface area contributed by atoms with Crippen molar-refractivity contribution in [3.63, 3.8) is 0 Å². The molecule has 0 spiro atoms. The molecule has 0 radical (unpaired) electrons. The first-order valence-corrected chi connectivity index (χ1v) is 3.80. The van der Waals surface area contributed by atoms with E-state index in [9.17, 15) is 9.90 Å². The summed E-state index contributed by atoms with van der Waals surface area (Å²) >= 11 is 0. The van der Waals surface area contributed by atoms with Gasteiger partial charge in [0.05, 0.1) is 12.1 Å². The molecule has 4 nitrogen and oxygen atoms in total. The molecule has 0 unspecified atom stereocenters. The number of nitrogens with two attached hydrogens (primary N) is 1. The molecule has 0 amide bonds. The SMILES string of the molecule is Cc1cc(CC(=O)O)cc(O)c1N. The molecule has 0 aromatic heterocycles. The minimum Gasteiger partial charge on any atom is -0.506 e. The first-order chi connectivity index (χ1) is 6.00. The van der Waals surface area contributed by atoms with Crippen LogP contribution in [-0.4, -0.2) is 16.2 Å². The number of aliphatic carboxylic acids is 1. The van der Waals surface area contributed by atoms with Crippen molar-refractivity contribution in [3.05, 3.63) is 23.3 Å². The second-order valence-corrected chi connectivity index (χ2v) is 2.92. The summed E-state index contributed by atoms with van der Waals surface area (Å²) in [5.41, 5.74) is 7.03. The largest absolute Gasteiger partial charge is 0.506 e. The topological polar surface area (TPSA) is 83.5 Å². The molecule has 4 N–H and O–H groups in total. The Labute approximate surface area is 75.6 Å². The number of anilines is 1. The van der Waals surface area contributed by atoms with E-state index in [0.29, 0.717) is 16.8 Å². The minimum atomic E-state index is -0.927. The summed E-state index contributed by atoms with van der Waals surface area (Å²) in [6.45, 7) is 1.72. The summed E-state index contributed by atoms with van der Waals surface area (Å²) in [5.74, 6) is -0.986. The molecule has 0 saturated carbocycles. The van der Waals surface area contributed by atoms with Gasteiger partial charge in [0.2, 0.25) is 0 Å². The van der Waals surface area contributed by atoms with Gasteiger partial charge in [0.1, 0.15) is 5.75 Å². The number of hydrogen-bond donors (Lipinski definition) is 3. The van der Waals surface area contributed by atoms with Crippen LogP contribution in [0, 0.1) is 6.92 Å². The molecule has 1 aromatic carbocycles. The van der Waals surface area contributed by atoms with Gasteiger partial charge in [0.25, 0.3) is 0 Å². The number of carboxylic acids is 1. The van der Waals surface area contributed by atoms with Gasteiger partial charge in [-0.1, -0.05) is 6.07 Å². The fourth-order valence-electron chi connectivity index (χ4n) is 1.13. The van der Waals surface area contributed by atoms with E-state index in [-0.39, 0.29) is 12.2 Å². The molecule has 0 aliphatic carbocycles. The Bertz CT molecular complexity index is 324. The predicted octanol–water partition coefficient (Wildman–Crippen LogP) is 0.910. The van der Waals surface area contributed by atoms with Gasteiger partial charge in [-0.25, -0.2) is 0 Å². The maximum atomic E-state index is 10.4. The molecular formula is C9H11NO3. The van der Waals surface area contributed by atoms with Gasteiger partial charge in [0, 0.05) is 0 Å². The van der Waals surface area contributed by atoms with E-state index in [4.69, 9.17) is 10.8 Å². The average molecular weight is 181 g/mol. The number of carboxylic acid groups (broad SMARTS) is 1. The molecular weight excluding hydrogens is 170 g/mol. The number of aryl methyl sites for hydroxylation is 1. The maximum Gasteiger partial charge on any atom is 0.307 e. The van der Waals surface area contributed by atoms with Gasteiger partial charge in [0.15, 0.2) is 0 Å². The van der Waals surface area contributed by atoms with E-state index in [2.05, 4.69) is 0 Å². The van der Waals surface area contributed by atoms with Gasteiger partial charge in [-0.15, -0.1) is 0 Å². The van der Waals surface area contributed by atoms with Crippen molar-refractivity contribution < 1.29 is 15.0 Å². The van der Waals surface area contributed by atoms with Crippen LogP contribution >= 0.6 is 0 Å². The summed E-state index contributed by atoms with van der Waals surface area (Å²) in [6.07, 6.45) is -0.103. The molecule has 13 heavy (non-hydrogen) atoms. The van der Waals surface area contributed by atoms with Crippen LogP contribution in [0.3, 0.4) is 0 Å². The lowest BCUT2D eigenvalue weighted by Crippen LogP contribution is -2.01. The highest BCUT2D eigenvalue weighted by Crippen LogP contribution is 2.25. The van der Waals surface area contributed by atoms with Crippen LogP contribution in [0.25, 0.3) is 0 Å².